The van der Waals surface area contributed by atoms with Crippen LogP contribution in [0.25, 0.3) is 0 Å². The van der Waals surface area contributed by atoms with Gasteiger partial charge in [-0.2, -0.15) is 5.10 Å². The minimum atomic E-state index is -0.371. The van der Waals surface area contributed by atoms with Crippen molar-refractivity contribution in [3.8, 4) is 0 Å². The summed E-state index contributed by atoms with van der Waals surface area (Å²) in [6.07, 6.45) is 1.47. The highest BCUT2D eigenvalue weighted by atomic mass is 16.3. The molecule has 2 aromatic rings. The summed E-state index contributed by atoms with van der Waals surface area (Å²) in [7, 11) is 0. The Morgan fingerprint density at radius 1 is 1.22 bits per heavy atom. The number of carbonyl (C=O) groups excluding carboxylic acids is 1. The van der Waals surface area contributed by atoms with Crippen LogP contribution in [0.15, 0.2) is 52.2 Å². The fourth-order valence-corrected chi connectivity index (χ4v) is 1.29. The summed E-state index contributed by atoms with van der Waals surface area (Å²) in [5, 5.41) is 3.74. The van der Waals surface area contributed by atoms with Crippen molar-refractivity contribution in [1.82, 2.24) is 5.43 Å². The average molecular weight is 244 g/mol. The van der Waals surface area contributed by atoms with Gasteiger partial charge in [-0.05, 0) is 36.4 Å². The molecule has 0 radical (unpaired) electrons. The first-order valence-corrected chi connectivity index (χ1v) is 5.20. The molecule has 0 aliphatic heterocycles. The number of hydrogen-bond donors (Lipinski definition) is 3. The number of nitrogens with one attached hydrogen (secondary N) is 1. The zero-order valence-corrected chi connectivity index (χ0v) is 9.46. The third kappa shape index (κ3) is 2.67. The summed E-state index contributed by atoms with van der Waals surface area (Å²) < 4.78 is 5.03. The second kappa shape index (κ2) is 5.05. The highest BCUT2D eigenvalue weighted by Gasteiger charge is 2.05. The van der Waals surface area contributed by atoms with Crippen LogP contribution in [0.1, 0.15) is 16.1 Å². The highest BCUT2D eigenvalue weighted by molar-refractivity contribution is 5.98. The SMILES string of the molecule is NC(=NNC(=O)c1ccc(N)cc1)c1ccco1. The van der Waals surface area contributed by atoms with Crippen molar-refractivity contribution in [3.05, 3.63) is 54.0 Å². The Balaban J connectivity index is 2.04. The summed E-state index contributed by atoms with van der Waals surface area (Å²) in [6, 6.07) is 9.79. The predicted molar refractivity (Wildman–Crippen MR) is 67.8 cm³/mol. The third-order valence-electron chi connectivity index (χ3n) is 2.22. The van der Waals surface area contributed by atoms with Crippen LogP contribution < -0.4 is 16.9 Å². The van der Waals surface area contributed by atoms with Gasteiger partial charge in [-0.15, -0.1) is 0 Å². The van der Waals surface area contributed by atoms with E-state index >= 15 is 0 Å². The average Bonchev–Trinajstić information content (AvgIpc) is 2.90. The molecule has 0 spiro atoms. The summed E-state index contributed by atoms with van der Waals surface area (Å²) in [5.74, 6) is 0.126. The van der Waals surface area contributed by atoms with Gasteiger partial charge < -0.3 is 15.9 Å². The second-order valence-corrected chi connectivity index (χ2v) is 3.54. The first-order valence-electron chi connectivity index (χ1n) is 5.20. The maximum Gasteiger partial charge on any atom is 0.271 e. The summed E-state index contributed by atoms with van der Waals surface area (Å²) >= 11 is 0. The summed E-state index contributed by atoms with van der Waals surface area (Å²) in [6.45, 7) is 0. The van der Waals surface area contributed by atoms with E-state index in [1.165, 1.54) is 6.26 Å². The van der Waals surface area contributed by atoms with Crippen LogP contribution in [0, 0.1) is 0 Å². The van der Waals surface area contributed by atoms with Gasteiger partial charge in [0.05, 0.1) is 6.26 Å². The number of nitrogens with zero attached hydrogens (tertiary/aromatic N) is 1. The number of nitrogens with two attached hydrogens (primary N) is 2. The largest absolute Gasteiger partial charge is 0.461 e. The number of hydrogen-bond acceptors (Lipinski definition) is 4. The van der Waals surface area contributed by atoms with Crippen LogP contribution in [-0.2, 0) is 0 Å². The van der Waals surface area contributed by atoms with Gasteiger partial charge in [0, 0.05) is 11.3 Å². The number of hydrazone groups is 1. The number of carbonyl (C=O) groups is 1. The maximum absolute atomic E-state index is 11.7. The molecule has 0 saturated carbocycles. The van der Waals surface area contributed by atoms with Crippen molar-refractivity contribution in [2.45, 2.75) is 0 Å². The molecule has 92 valence electrons. The lowest BCUT2D eigenvalue weighted by Gasteiger charge is -2.01. The topological polar surface area (TPSA) is 107 Å². The number of benzene rings is 1. The Labute approximate surface area is 103 Å². The minimum absolute atomic E-state index is 0.101. The van der Waals surface area contributed by atoms with Gasteiger partial charge in [-0.1, -0.05) is 0 Å². The van der Waals surface area contributed by atoms with E-state index in [0.29, 0.717) is 17.0 Å². The standard InChI is InChI=1S/C12H12N4O2/c13-9-5-3-8(4-6-9)12(17)16-15-11(14)10-2-1-7-18-10/h1-7H,13H2,(H2,14,15)(H,16,17). The van der Waals surface area contributed by atoms with Gasteiger partial charge in [0.1, 0.15) is 0 Å². The number of furan rings is 1. The number of rotatable bonds is 3. The van der Waals surface area contributed by atoms with Crippen molar-refractivity contribution in [2.24, 2.45) is 10.8 Å². The van der Waals surface area contributed by atoms with Crippen LogP contribution in [0.4, 0.5) is 5.69 Å². The predicted octanol–water partition coefficient (Wildman–Crippen LogP) is 0.912. The molecule has 0 fully saturated rings. The van der Waals surface area contributed by atoms with Crippen LogP contribution in [0.2, 0.25) is 0 Å². The number of anilines is 1. The van der Waals surface area contributed by atoms with Gasteiger partial charge in [-0.3, -0.25) is 4.79 Å². The molecule has 6 heteroatoms. The fourth-order valence-electron chi connectivity index (χ4n) is 1.29. The van der Waals surface area contributed by atoms with E-state index in [1.54, 1.807) is 36.4 Å². The molecule has 2 rings (SSSR count). The van der Waals surface area contributed by atoms with E-state index in [9.17, 15) is 4.79 Å². The van der Waals surface area contributed by atoms with Crippen LogP contribution in [0.5, 0.6) is 0 Å². The molecular weight excluding hydrogens is 232 g/mol. The van der Waals surface area contributed by atoms with Crippen molar-refractivity contribution in [1.29, 1.82) is 0 Å². The zero-order chi connectivity index (χ0) is 13.0. The van der Waals surface area contributed by atoms with Crippen LogP contribution in [-0.4, -0.2) is 11.7 Å². The van der Waals surface area contributed by atoms with Gasteiger partial charge in [-0.25, -0.2) is 5.43 Å². The van der Waals surface area contributed by atoms with Gasteiger partial charge >= 0.3 is 0 Å². The Hall–Kier alpha value is -2.76. The molecule has 1 amide bonds. The van der Waals surface area contributed by atoms with Crippen molar-refractivity contribution in [3.63, 3.8) is 0 Å². The van der Waals surface area contributed by atoms with E-state index in [0.717, 1.165) is 0 Å². The van der Waals surface area contributed by atoms with Gasteiger partial charge in [0.2, 0.25) is 0 Å². The Morgan fingerprint density at radius 2 is 1.94 bits per heavy atom. The molecule has 1 aromatic carbocycles. The zero-order valence-electron chi connectivity index (χ0n) is 9.46. The van der Waals surface area contributed by atoms with Crippen molar-refractivity contribution >= 4 is 17.4 Å². The Bertz CT molecular complexity index is 558. The number of amides is 1. The first-order chi connectivity index (χ1) is 8.66. The second-order valence-electron chi connectivity index (χ2n) is 3.54. The first kappa shape index (κ1) is 11.7. The molecule has 0 unspecified atom stereocenters. The van der Waals surface area contributed by atoms with Gasteiger partial charge in [0.15, 0.2) is 11.6 Å². The maximum atomic E-state index is 11.7. The number of nitrogen functional groups attached to an aromatic ring is 1. The van der Waals surface area contributed by atoms with E-state index in [-0.39, 0.29) is 11.7 Å². The lowest BCUT2D eigenvalue weighted by atomic mass is 10.2. The quantitative estimate of drug-likeness (QED) is 0.323. The van der Waals surface area contributed by atoms with E-state index in [1.807, 2.05) is 0 Å². The molecule has 0 saturated heterocycles. The molecule has 0 atom stereocenters. The van der Waals surface area contributed by atoms with E-state index in [4.69, 9.17) is 15.9 Å². The van der Waals surface area contributed by atoms with Crippen molar-refractivity contribution in [2.75, 3.05) is 5.73 Å². The monoisotopic (exact) mass is 244 g/mol. The summed E-state index contributed by atoms with van der Waals surface area (Å²) in [4.78, 5) is 11.7. The van der Waals surface area contributed by atoms with Crippen LogP contribution >= 0.6 is 0 Å². The molecule has 0 bridgehead atoms. The molecule has 1 heterocycles. The molecule has 18 heavy (non-hydrogen) atoms. The molecule has 1 aromatic heterocycles. The summed E-state index contributed by atoms with van der Waals surface area (Å²) in [5.41, 5.74) is 14.5. The normalized spacial score (nSPS) is 11.2. The molecule has 0 aliphatic carbocycles. The minimum Gasteiger partial charge on any atom is -0.461 e. The fraction of sp³-hybridized carbons (Fsp3) is 0. The van der Waals surface area contributed by atoms with E-state index < -0.39 is 0 Å². The molecular formula is C12H12N4O2. The highest BCUT2D eigenvalue weighted by Crippen LogP contribution is 2.05. The Kier molecular flexibility index (Phi) is 3.29. The molecule has 5 N–H and O–H groups in total. The van der Waals surface area contributed by atoms with Crippen LogP contribution in [0.3, 0.4) is 0 Å². The number of amidine groups is 1. The van der Waals surface area contributed by atoms with E-state index in [2.05, 4.69) is 10.5 Å². The molecule has 6 nitrogen and oxygen atoms in total. The molecule has 0 aliphatic rings. The van der Waals surface area contributed by atoms with Crippen molar-refractivity contribution < 1.29 is 9.21 Å². The third-order valence-corrected chi connectivity index (χ3v) is 2.22. The lowest BCUT2D eigenvalue weighted by molar-refractivity contribution is 0.0955. The smallest absolute Gasteiger partial charge is 0.271 e. The lowest BCUT2D eigenvalue weighted by Crippen LogP contribution is -2.23. The Morgan fingerprint density at radius 3 is 2.56 bits per heavy atom. The van der Waals surface area contributed by atoms with Gasteiger partial charge in [0.25, 0.3) is 5.91 Å².